The standard InChI is InChI=1S/C21H25N3O5/c1-3-29-20-9-8-16(14-19(20)24(26)27)21(25)22(2)15-17-6-4-5-7-18(17)23-10-12-28-13-11-23/h4-9,14H,3,10-13,15H2,1-2H3. The molecule has 1 aliphatic rings. The third-order valence-electron chi connectivity index (χ3n) is 4.80. The molecule has 0 aliphatic carbocycles. The van der Waals surface area contributed by atoms with Crippen LogP contribution in [0.1, 0.15) is 22.8 Å². The van der Waals surface area contributed by atoms with Gasteiger partial charge in [-0.2, -0.15) is 0 Å². The molecule has 0 radical (unpaired) electrons. The Morgan fingerprint density at radius 1 is 1.24 bits per heavy atom. The van der Waals surface area contributed by atoms with Crippen molar-refractivity contribution < 1.29 is 19.2 Å². The van der Waals surface area contributed by atoms with E-state index in [4.69, 9.17) is 9.47 Å². The molecule has 0 unspecified atom stereocenters. The van der Waals surface area contributed by atoms with E-state index in [1.54, 1.807) is 24.9 Å². The summed E-state index contributed by atoms with van der Waals surface area (Å²) in [6, 6.07) is 12.3. The van der Waals surface area contributed by atoms with Gasteiger partial charge in [0.2, 0.25) is 0 Å². The van der Waals surface area contributed by atoms with Gasteiger partial charge in [0.1, 0.15) is 0 Å². The lowest BCUT2D eigenvalue weighted by Crippen LogP contribution is -2.37. The lowest BCUT2D eigenvalue weighted by atomic mass is 10.1. The van der Waals surface area contributed by atoms with Crippen molar-refractivity contribution in [3.05, 3.63) is 63.7 Å². The molecule has 2 aromatic rings. The zero-order valence-electron chi connectivity index (χ0n) is 16.7. The summed E-state index contributed by atoms with van der Waals surface area (Å²) >= 11 is 0. The van der Waals surface area contributed by atoms with E-state index in [0.717, 1.165) is 24.3 Å². The SMILES string of the molecule is CCOc1ccc(C(=O)N(C)Cc2ccccc2N2CCOCC2)cc1[N+](=O)[O-]. The fraction of sp³-hybridized carbons (Fsp3) is 0.381. The number of amides is 1. The maximum atomic E-state index is 12.9. The van der Waals surface area contributed by atoms with E-state index in [2.05, 4.69) is 4.90 Å². The number of rotatable bonds is 7. The van der Waals surface area contributed by atoms with E-state index in [0.29, 0.717) is 26.4 Å². The maximum absolute atomic E-state index is 12.9. The van der Waals surface area contributed by atoms with Gasteiger partial charge in [0.05, 0.1) is 24.7 Å². The molecule has 0 spiro atoms. The topological polar surface area (TPSA) is 85.2 Å². The van der Waals surface area contributed by atoms with Crippen molar-refractivity contribution >= 4 is 17.3 Å². The minimum Gasteiger partial charge on any atom is -0.487 e. The van der Waals surface area contributed by atoms with E-state index in [1.807, 2.05) is 24.3 Å². The van der Waals surface area contributed by atoms with Gasteiger partial charge in [-0.3, -0.25) is 14.9 Å². The zero-order chi connectivity index (χ0) is 20.8. The van der Waals surface area contributed by atoms with Crippen LogP contribution >= 0.6 is 0 Å². The molecule has 0 saturated carbocycles. The molecule has 1 amide bonds. The molecule has 8 nitrogen and oxygen atoms in total. The third kappa shape index (κ3) is 4.83. The van der Waals surface area contributed by atoms with Gasteiger partial charge in [-0.05, 0) is 30.7 Å². The van der Waals surface area contributed by atoms with Crippen LogP contribution in [0.4, 0.5) is 11.4 Å². The minimum absolute atomic E-state index is 0.161. The number of ether oxygens (including phenoxy) is 2. The number of morpholine rings is 1. The number of carbonyl (C=O) groups excluding carboxylic acids is 1. The number of para-hydroxylation sites is 1. The van der Waals surface area contributed by atoms with Crippen LogP contribution in [-0.2, 0) is 11.3 Å². The van der Waals surface area contributed by atoms with Gasteiger partial charge in [-0.25, -0.2) is 0 Å². The molecular formula is C21H25N3O5. The summed E-state index contributed by atoms with van der Waals surface area (Å²) < 4.78 is 10.7. The van der Waals surface area contributed by atoms with Crippen molar-refractivity contribution in [1.82, 2.24) is 4.90 Å². The van der Waals surface area contributed by atoms with Crippen molar-refractivity contribution in [2.45, 2.75) is 13.5 Å². The predicted molar refractivity (Wildman–Crippen MR) is 110 cm³/mol. The van der Waals surface area contributed by atoms with Crippen molar-refractivity contribution in [3.8, 4) is 5.75 Å². The summed E-state index contributed by atoms with van der Waals surface area (Å²) in [6.45, 7) is 5.43. The normalized spacial score (nSPS) is 13.8. The first kappa shape index (κ1) is 20.6. The Hall–Kier alpha value is -3.13. The van der Waals surface area contributed by atoms with Gasteiger partial charge < -0.3 is 19.3 Å². The van der Waals surface area contributed by atoms with E-state index >= 15 is 0 Å². The van der Waals surface area contributed by atoms with Crippen molar-refractivity contribution in [1.29, 1.82) is 0 Å². The summed E-state index contributed by atoms with van der Waals surface area (Å²) in [5, 5.41) is 11.3. The highest BCUT2D eigenvalue weighted by Gasteiger charge is 2.22. The summed E-state index contributed by atoms with van der Waals surface area (Å²) in [4.78, 5) is 27.5. The lowest BCUT2D eigenvalue weighted by molar-refractivity contribution is -0.385. The lowest BCUT2D eigenvalue weighted by Gasteiger charge is -2.31. The predicted octanol–water partition coefficient (Wildman–Crippen LogP) is 3.10. The van der Waals surface area contributed by atoms with Crippen molar-refractivity contribution in [2.24, 2.45) is 0 Å². The first-order valence-electron chi connectivity index (χ1n) is 9.58. The summed E-state index contributed by atoms with van der Waals surface area (Å²) in [5.41, 5.74) is 2.14. The van der Waals surface area contributed by atoms with Crippen LogP contribution in [0.3, 0.4) is 0 Å². The molecule has 1 heterocycles. The van der Waals surface area contributed by atoms with Crippen molar-refractivity contribution in [3.63, 3.8) is 0 Å². The highest BCUT2D eigenvalue weighted by Crippen LogP contribution is 2.29. The highest BCUT2D eigenvalue weighted by molar-refractivity contribution is 5.95. The smallest absolute Gasteiger partial charge is 0.311 e. The average Bonchev–Trinajstić information content (AvgIpc) is 2.74. The number of carbonyl (C=O) groups is 1. The number of nitro groups is 1. The molecule has 8 heteroatoms. The number of benzene rings is 2. The summed E-state index contributed by atoms with van der Waals surface area (Å²) in [7, 11) is 1.70. The van der Waals surface area contributed by atoms with E-state index in [1.165, 1.54) is 12.1 Å². The molecule has 1 aliphatic heterocycles. The second-order valence-corrected chi connectivity index (χ2v) is 6.76. The molecule has 0 aromatic heterocycles. The number of hydrogen-bond donors (Lipinski definition) is 0. The summed E-state index contributed by atoms with van der Waals surface area (Å²) in [6.07, 6.45) is 0. The van der Waals surface area contributed by atoms with E-state index in [-0.39, 0.29) is 22.9 Å². The molecule has 1 saturated heterocycles. The van der Waals surface area contributed by atoms with Crippen LogP contribution in [0.15, 0.2) is 42.5 Å². The van der Waals surface area contributed by atoms with Crippen LogP contribution in [-0.4, -0.2) is 55.7 Å². The Balaban J connectivity index is 1.79. The largest absolute Gasteiger partial charge is 0.487 e. The van der Waals surface area contributed by atoms with Gasteiger partial charge in [0.25, 0.3) is 5.91 Å². The van der Waals surface area contributed by atoms with Gasteiger partial charge in [-0.1, -0.05) is 18.2 Å². The molecule has 0 bridgehead atoms. The fourth-order valence-corrected chi connectivity index (χ4v) is 3.38. The third-order valence-corrected chi connectivity index (χ3v) is 4.80. The van der Waals surface area contributed by atoms with Crippen LogP contribution in [0, 0.1) is 10.1 Å². The van der Waals surface area contributed by atoms with Gasteiger partial charge >= 0.3 is 5.69 Å². The van der Waals surface area contributed by atoms with Crippen LogP contribution < -0.4 is 9.64 Å². The second kappa shape index (κ2) is 9.38. The fourth-order valence-electron chi connectivity index (χ4n) is 3.38. The van der Waals surface area contributed by atoms with Crippen LogP contribution in [0.5, 0.6) is 5.75 Å². The molecule has 0 atom stereocenters. The Kier molecular flexibility index (Phi) is 6.66. The molecule has 3 rings (SSSR count). The summed E-state index contributed by atoms with van der Waals surface area (Å²) in [5.74, 6) is -0.123. The van der Waals surface area contributed by atoms with Crippen LogP contribution in [0.2, 0.25) is 0 Å². The first-order chi connectivity index (χ1) is 14.0. The van der Waals surface area contributed by atoms with E-state index in [9.17, 15) is 14.9 Å². The molecule has 29 heavy (non-hydrogen) atoms. The molecule has 1 fully saturated rings. The monoisotopic (exact) mass is 399 g/mol. The number of anilines is 1. The zero-order valence-corrected chi connectivity index (χ0v) is 16.7. The first-order valence-corrected chi connectivity index (χ1v) is 9.58. The van der Waals surface area contributed by atoms with Gasteiger partial charge in [0, 0.05) is 44.0 Å². The Morgan fingerprint density at radius 2 is 1.97 bits per heavy atom. The Bertz CT molecular complexity index is 880. The number of nitro benzene ring substituents is 1. The average molecular weight is 399 g/mol. The van der Waals surface area contributed by atoms with Gasteiger partial charge in [0.15, 0.2) is 5.75 Å². The van der Waals surface area contributed by atoms with Crippen LogP contribution in [0.25, 0.3) is 0 Å². The highest BCUT2D eigenvalue weighted by atomic mass is 16.6. The molecule has 0 N–H and O–H groups in total. The minimum atomic E-state index is -0.532. The maximum Gasteiger partial charge on any atom is 0.311 e. The quantitative estimate of drug-likeness (QED) is 0.525. The van der Waals surface area contributed by atoms with Crippen molar-refractivity contribution in [2.75, 3.05) is 44.9 Å². The number of hydrogen-bond acceptors (Lipinski definition) is 6. The molecule has 2 aromatic carbocycles. The molecule has 154 valence electrons. The molecular weight excluding hydrogens is 374 g/mol. The number of nitrogens with zero attached hydrogens (tertiary/aromatic N) is 3. The van der Waals surface area contributed by atoms with E-state index < -0.39 is 4.92 Å². The Morgan fingerprint density at radius 3 is 2.66 bits per heavy atom. The van der Waals surface area contributed by atoms with Gasteiger partial charge in [-0.15, -0.1) is 0 Å². The Labute approximate surface area is 169 Å². The second-order valence-electron chi connectivity index (χ2n) is 6.76.